The van der Waals surface area contributed by atoms with Gasteiger partial charge in [0.15, 0.2) is 0 Å². The van der Waals surface area contributed by atoms with Crippen molar-refractivity contribution in [1.29, 1.82) is 0 Å². The Kier molecular flexibility index (Phi) is 4.27. The summed E-state index contributed by atoms with van der Waals surface area (Å²) in [5.74, 6) is 1.02. The van der Waals surface area contributed by atoms with E-state index < -0.39 is 0 Å². The molecule has 0 spiro atoms. The largest absolute Gasteiger partial charge is 0.305 e. The van der Waals surface area contributed by atoms with Crippen LogP contribution in [0.15, 0.2) is 6.33 Å². The number of hydrogen-bond acceptors (Lipinski definition) is 3. The second-order valence-electron chi connectivity index (χ2n) is 4.48. The van der Waals surface area contributed by atoms with Crippen molar-refractivity contribution in [3.8, 4) is 0 Å². The van der Waals surface area contributed by atoms with Crippen LogP contribution in [0.25, 0.3) is 0 Å². The molecule has 0 bridgehead atoms. The molecule has 0 amide bonds. The molecule has 0 unspecified atom stereocenters. The number of nitrogens with zero attached hydrogens (tertiary/aromatic N) is 3. The average Bonchev–Trinajstić information content (AvgIpc) is 2.62. The van der Waals surface area contributed by atoms with Gasteiger partial charge in [0.25, 0.3) is 0 Å². The van der Waals surface area contributed by atoms with Crippen LogP contribution >= 0.6 is 0 Å². The minimum Gasteiger partial charge on any atom is -0.305 e. The van der Waals surface area contributed by atoms with Crippen LogP contribution in [0.5, 0.6) is 0 Å². The summed E-state index contributed by atoms with van der Waals surface area (Å²) in [5.41, 5.74) is 0.180. The molecule has 0 aromatic carbocycles. The van der Waals surface area contributed by atoms with E-state index in [2.05, 4.69) is 43.1 Å². The molecule has 1 rings (SSSR count). The third-order valence-corrected chi connectivity index (χ3v) is 2.60. The molecule has 0 atom stereocenters. The van der Waals surface area contributed by atoms with E-state index in [1.807, 2.05) is 4.68 Å². The maximum absolute atomic E-state index is 4.24. The van der Waals surface area contributed by atoms with Gasteiger partial charge >= 0.3 is 0 Å². The van der Waals surface area contributed by atoms with Gasteiger partial charge < -0.3 is 5.32 Å². The zero-order chi connectivity index (χ0) is 11.3. The first kappa shape index (κ1) is 12.2. The molecule has 1 N–H and O–H groups in total. The van der Waals surface area contributed by atoms with Crippen LogP contribution in [-0.2, 0) is 13.1 Å². The van der Waals surface area contributed by atoms with Gasteiger partial charge in [-0.1, -0.05) is 13.3 Å². The van der Waals surface area contributed by atoms with Crippen molar-refractivity contribution in [1.82, 2.24) is 20.1 Å². The van der Waals surface area contributed by atoms with Crippen LogP contribution in [0.4, 0.5) is 0 Å². The molecule has 0 fully saturated rings. The molecule has 0 radical (unpaired) electrons. The van der Waals surface area contributed by atoms with Crippen molar-refractivity contribution in [3.63, 3.8) is 0 Å². The van der Waals surface area contributed by atoms with E-state index >= 15 is 0 Å². The van der Waals surface area contributed by atoms with E-state index in [0.717, 1.165) is 18.9 Å². The Morgan fingerprint density at radius 1 is 1.40 bits per heavy atom. The average molecular weight is 210 g/mol. The number of rotatable bonds is 6. The SMILES string of the molecule is CCCC(C)(C)NCc1ncnn1CC. The van der Waals surface area contributed by atoms with Gasteiger partial charge in [0, 0.05) is 12.1 Å². The van der Waals surface area contributed by atoms with Crippen LogP contribution in [0, 0.1) is 0 Å². The second-order valence-corrected chi connectivity index (χ2v) is 4.48. The molecule has 1 heterocycles. The third-order valence-electron chi connectivity index (χ3n) is 2.60. The second kappa shape index (κ2) is 5.26. The lowest BCUT2D eigenvalue weighted by atomic mass is 9.99. The maximum atomic E-state index is 4.24. The molecule has 1 aromatic heterocycles. The predicted octanol–water partition coefficient (Wildman–Crippen LogP) is 1.97. The summed E-state index contributed by atoms with van der Waals surface area (Å²) in [6.07, 6.45) is 3.99. The summed E-state index contributed by atoms with van der Waals surface area (Å²) in [5, 5.41) is 7.66. The molecule has 4 heteroatoms. The third kappa shape index (κ3) is 3.63. The summed E-state index contributed by atoms with van der Waals surface area (Å²) < 4.78 is 1.93. The molecule has 0 aliphatic rings. The van der Waals surface area contributed by atoms with Crippen molar-refractivity contribution in [2.24, 2.45) is 0 Å². The highest BCUT2D eigenvalue weighted by Crippen LogP contribution is 2.11. The van der Waals surface area contributed by atoms with Crippen LogP contribution in [-0.4, -0.2) is 20.3 Å². The Hall–Kier alpha value is -0.900. The van der Waals surface area contributed by atoms with Gasteiger partial charge in [-0.15, -0.1) is 0 Å². The fraction of sp³-hybridized carbons (Fsp3) is 0.818. The highest BCUT2D eigenvalue weighted by atomic mass is 15.3. The van der Waals surface area contributed by atoms with Crippen LogP contribution in [0.2, 0.25) is 0 Å². The molecule has 86 valence electrons. The van der Waals surface area contributed by atoms with Gasteiger partial charge in [-0.3, -0.25) is 0 Å². The Bertz CT molecular complexity index is 291. The lowest BCUT2D eigenvalue weighted by Gasteiger charge is -2.25. The van der Waals surface area contributed by atoms with Crippen molar-refractivity contribution < 1.29 is 0 Å². The molecular weight excluding hydrogens is 188 g/mol. The Labute approximate surface area is 92.1 Å². The number of aromatic nitrogens is 3. The summed E-state index contributed by atoms with van der Waals surface area (Å²) in [7, 11) is 0. The van der Waals surface area contributed by atoms with Crippen molar-refractivity contribution in [2.75, 3.05) is 0 Å². The predicted molar refractivity (Wildman–Crippen MR) is 61.5 cm³/mol. The maximum Gasteiger partial charge on any atom is 0.140 e. The summed E-state index contributed by atoms with van der Waals surface area (Å²) >= 11 is 0. The standard InChI is InChI=1S/C11H22N4/c1-5-7-11(3,4)13-8-10-12-9-14-15(10)6-2/h9,13H,5-8H2,1-4H3. The van der Waals surface area contributed by atoms with Gasteiger partial charge in [0.05, 0.1) is 6.54 Å². The quantitative estimate of drug-likeness (QED) is 0.780. The van der Waals surface area contributed by atoms with Crippen molar-refractivity contribution >= 4 is 0 Å². The number of nitrogens with one attached hydrogen (secondary N) is 1. The highest BCUT2D eigenvalue weighted by Gasteiger charge is 2.16. The van der Waals surface area contributed by atoms with Crippen LogP contribution in [0.1, 0.15) is 46.4 Å². The molecule has 1 aromatic rings. The Morgan fingerprint density at radius 2 is 2.13 bits per heavy atom. The van der Waals surface area contributed by atoms with Crippen molar-refractivity contribution in [3.05, 3.63) is 12.2 Å². The highest BCUT2D eigenvalue weighted by molar-refractivity contribution is 4.87. The van der Waals surface area contributed by atoms with Crippen molar-refractivity contribution in [2.45, 2.75) is 59.2 Å². The Balaban J connectivity index is 2.49. The van der Waals surface area contributed by atoms with E-state index in [1.54, 1.807) is 6.33 Å². The van der Waals surface area contributed by atoms with Crippen LogP contribution in [0.3, 0.4) is 0 Å². The molecular formula is C11H22N4. The minimum absolute atomic E-state index is 0.180. The molecule has 0 saturated carbocycles. The van der Waals surface area contributed by atoms with Gasteiger partial charge in [-0.25, -0.2) is 9.67 Å². The minimum atomic E-state index is 0.180. The summed E-state index contributed by atoms with van der Waals surface area (Å²) in [6, 6.07) is 0. The first-order chi connectivity index (χ1) is 7.09. The zero-order valence-electron chi connectivity index (χ0n) is 10.2. The Morgan fingerprint density at radius 3 is 2.73 bits per heavy atom. The monoisotopic (exact) mass is 210 g/mol. The topological polar surface area (TPSA) is 42.7 Å². The fourth-order valence-electron chi connectivity index (χ4n) is 1.72. The number of hydrogen-bond donors (Lipinski definition) is 1. The smallest absolute Gasteiger partial charge is 0.140 e. The van der Waals surface area contributed by atoms with Gasteiger partial charge in [-0.2, -0.15) is 5.10 Å². The molecule has 0 aliphatic heterocycles. The summed E-state index contributed by atoms with van der Waals surface area (Å²) in [4.78, 5) is 4.24. The van der Waals surface area contributed by atoms with E-state index in [4.69, 9.17) is 0 Å². The first-order valence-corrected chi connectivity index (χ1v) is 5.70. The molecule has 0 saturated heterocycles. The first-order valence-electron chi connectivity index (χ1n) is 5.70. The molecule has 0 aliphatic carbocycles. The number of aryl methyl sites for hydroxylation is 1. The molecule has 15 heavy (non-hydrogen) atoms. The van der Waals surface area contributed by atoms with Gasteiger partial charge in [0.1, 0.15) is 12.2 Å². The van der Waals surface area contributed by atoms with Gasteiger partial charge in [-0.05, 0) is 27.2 Å². The fourth-order valence-corrected chi connectivity index (χ4v) is 1.72. The van der Waals surface area contributed by atoms with E-state index in [1.165, 1.54) is 12.8 Å². The van der Waals surface area contributed by atoms with Gasteiger partial charge in [0.2, 0.25) is 0 Å². The summed E-state index contributed by atoms with van der Waals surface area (Å²) in [6.45, 7) is 10.4. The zero-order valence-corrected chi connectivity index (χ0v) is 10.2. The lowest BCUT2D eigenvalue weighted by Crippen LogP contribution is -2.39. The molecule has 4 nitrogen and oxygen atoms in total. The van der Waals surface area contributed by atoms with E-state index in [9.17, 15) is 0 Å². The normalized spacial score (nSPS) is 12.0. The van der Waals surface area contributed by atoms with E-state index in [0.29, 0.717) is 0 Å². The van der Waals surface area contributed by atoms with E-state index in [-0.39, 0.29) is 5.54 Å². The lowest BCUT2D eigenvalue weighted by molar-refractivity contribution is 0.348. The van der Waals surface area contributed by atoms with Crippen LogP contribution < -0.4 is 5.32 Å².